The average Bonchev–Trinajstić information content (AvgIpc) is 2.59. The molecule has 1 heterocycles. The fourth-order valence-corrected chi connectivity index (χ4v) is 2.77. The van der Waals surface area contributed by atoms with Gasteiger partial charge in [0.1, 0.15) is 0 Å². The molecule has 0 aromatic rings. The van der Waals surface area contributed by atoms with Crippen LogP contribution in [0.1, 0.15) is 33.1 Å². The van der Waals surface area contributed by atoms with Crippen LogP contribution < -0.4 is 5.32 Å². The largest absolute Gasteiger partial charge is 0.396 e. The van der Waals surface area contributed by atoms with Crippen LogP contribution in [0.2, 0.25) is 0 Å². The molecule has 1 saturated heterocycles. The van der Waals surface area contributed by atoms with E-state index < -0.39 is 0 Å². The Bertz CT molecular complexity index is 169. The summed E-state index contributed by atoms with van der Waals surface area (Å²) in [6, 6.07) is 1.28. The molecule has 15 heavy (non-hydrogen) atoms. The lowest BCUT2D eigenvalue weighted by Crippen LogP contribution is -2.43. The van der Waals surface area contributed by atoms with Gasteiger partial charge in [-0.25, -0.2) is 0 Å². The first-order chi connectivity index (χ1) is 7.22. The fourth-order valence-electron chi connectivity index (χ4n) is 2.77. The molecular formula is C12H26N2O. The molecule has 0 aromatic heterocycles. The standard InChI is InChI=1S/C12H26N2O/c1-4-5-12(7-13-3)14-8-11(9-15)6-10(14)2/h10-13,15H,4-9H2,1-3H3. The van der Waals surface area contributed by atoms with Gasteiger partial charge in [-0.2, -0.15) is 0 Å². The van der Waals surface area contributed by atoms with Crippen LogP contribution >= 0.6 is 0 Å². The maximum atomic E-state index is 9.20. The van der Waals surface area contributed by atoms with E-state index in [1.165, 1.54) is 12.8 Å². The van der Waals surface area contributed by atoms with Crippen molar-refractivity contribution in [3.8, 4) is 0 Å². The van der Waals surface area contributed by atoms with Crippen molar-refractivity contribution in [2.45, 2.75) is 45.2 Å². The predicted molar refractivity (Wildman–Crippen MR) is 64.0 cm³/mol. The van der Waals surface area contributed by atoms with E-state index in [1.807, 2.05) is 7.05 Å². The number of aliphatic hydroxyl groups is 1. The molecule has 0 spiro atoms. The minimum absolute atomic E-state index is 0.346. The summed E-state index contributed by atoms with van der Waals surface area (Å²) in [6.07, 6.45) is 3.64. The first kappa shape index (κ1) is 12.9. The van der Waals surface area contributed by atoms with Crippen molar-refractivity contribution in [2.24, 2.45) is 5.92 Å². The number of likely N-dealkylation sites (N-methyl/N-ethyl adjacent to an activating group) is 1. The summed E-state index contributed by atoms with van der Waals surface area (Å²) in [6.45, 7) is 7.01. The number of hydrogen-bond acceptors (Lipinski definition) is 3. The van der Waals surface area contributed by atoms with E-state index in [2.05, 4.69) is 24.1 Å². The van der Waals surface area contributed by atoms with Crippen molar-refractivity contribution >= 4 is 0 Å². The van der Waals surface area contributed by atoms with E-state index in [-0.39, 0.29) is 0 Å². The molecule has 0 radical (unpaired) electrons. The molecule has 3 nitrogen and oxygen atoms in total. The van der Waals surface area contributed by atoms with E-state index in [4.69, 9.17) is 0 Å². The highest BCUT2D eigenvalue weighted by Gasteiger charge is 2.32. The molecule has 0 amide bonds. The molecule has 0 bridgehead atoms. The molecule has 90 valence electrons. The summed E-state index contributed by atoms with van der Waals surface area (Å²) >= 11 is 0. The molecule has 0 saturated carbocycles. The number of likely N-dealkylation sites (tertiary alicyclic amines) is 1. The second-order valence-electron chi connectivity index (χ2n) is 4.83. The maximum absolute atomic E-state index is 9.20. The highest BCUT2D eigenvalue weighted by Crippen LogP contribution is 2.26. The van der Waals surface area contributed by atoms with Gasteiger partial charge in [-0.3, -0.25) is 4.90 Å². The normalized spacial score (nSPS) is 29.6. The molecule has 1 rings (SSSR count). The first-order valence-corrected chi connectivity index (χ1v) is 6.24. The van der Waals surface area contributed by atoms with E-state index in [0.717, 1.165) is 19.5 Å². The summed E-state index contributed by atoms with van der Waals surface area (Å²) in [5.74, 6) is 0.496. The lowest BCUT2D eigenvalue weighted by molar-refractivity contribution is 0.164. The summed E-state index contributed by atoms with van der Waals surface area (Å²) in [5, 5.41) is 12.5. The van der Waals surface area contributed by atoms with Crippen molar-refractivity contribution in [1.82, 2.24) is 10.2 Å². The fraction of sp³-hybridized carbons (Fsp3) is 1.00. The van der Waals surface area contributed by atoms with Gasteiger partial charge in [-0.05, 0) is 32.7 Å². The lowest BCUT2D eigenvalue weighted by Gasteiger charge is -2.31. The first-order valence-electron chi connectivity index (χ1n) is 6.24. The van der Waals surface area contributed by atoms with Crippen molar-refractivity contribution in [3.63, 3.8) is 0 Å². The van der Waals surface area contributed by atoms with Crippen LogP contribution in [0.25, 0.3) is 0 Å². The molecule has 2 N–H and O–H groups in total. The Kier molecular flexibility index (Phi) is 5.58. The third-order valence-corrected chi connectivity index (χ3v) is 3.50. The van der Waals surface area contributed by atoms with E-state index >= 15 is 0 Å². The average molecular weight is 214 g/mol. The molecule has 3 atom stereocenters. The highest BCUT2D eigenvalue weighted by molar-refractivity contribution is 4.87. The van der Waals surface area contributed by atoms with Gasteiger partial charge in [0.15, 0.2) is 0 Å². The molecule has 3 heteroatoms. The van der Waals surface area contributed by atoms with Crippen molar-refractivity contribution in [3.05, 3.63) is 0 Å². The zero-order chi connectivity index (χ0) is 11.3. The van der Waals surface area contributed by atoms with E-state index in [9.17, 15) is 5.11 Å². The topological polar surface area (TPSA) is 35.5 Å². The third-order valence-electron chi connectivity index (χ3n) is 3.50. The van der Waals surface area contributed by atoms with Crippen molar-refractivity contribution in [2.75, 3.05) is 26.7 Å². The van der Waals surface area contributed by atoms with Gasteiger partial charge in [0.25, 0.3) is 0 Å². The number of nitrogens with zero attached hydrogens (tertiary/aromatic N) is 1. The van der Waals surface area contributed by atoms with Crippen LogP contribution in [0.4, 0.5) is 0 Å². The van der Waals surface area contributed by atoms with Crippen LogP contribution in [-0.4, -0.2) is 48.8 Å². The van der Waals surface area contributed by atoms with Gasteiger partial charge < -0.3 is 10.4 Å². The minimum Gasteiger partial charge on any atom is -0.396 e. The van der Waals surface area contributed by atoms with Crippen molar-refractivity contribution < 1.29 is 5.11 Å². The maximum Gasteiger partial charge on any atom is 0.0472 e. The van der Waals surface area contributed by atoms with Crippen LogP contribution in [-0.2, 0) is 0 Å². The van der Waals surface area contributed by atoms with E-state index in [0.29, 0.717) is 24.6 Å². The minimum atomic E-state index is 0.346. The van der Waals surface area contributed by atoms with Crippen molar-refractivity contribution in [1.29, 1.82) is 0 Å². The Hall–Kier alpha value is -0.120. The Labute approximate surface area is 93.9 Å². The Morgan fingerprint density at radius 3 is 2.73 bits per heavy atom. The second kappa shape index (κ2) is 6.46. The Morgan fingerprint density at radius 2 is 2.27 bits per heavy atom. The van der Waals surface area contributed by atoms with Crippen LogP contribution in [0.3, 0.4) is 0 Å². The van der Waals surface area contributed by atoms with Gasteiger partial charge >= 0.3 is 0 Å². The summed E-state index contributed by atoms with van der Waals surface area (Å²) < 4.78 is 0. The molecule has 3 unspecified atom stereocenters. The number of rotatable bonds is 6. The molecule has 1 aliphatic rings. The number of aliphatic hydroxyl groups excluding tert-OH is 1. The predicted octanol–water partition coefficient (Wildman–Crippen LogP) is 1.08. The summed E-state index contributed by atoms with van der Waals surface area (Å²) in [7, 11) is 2.02. The van der Waals surface area contributed by atoms with Crippen LogP contribution in [0.15, 0.2) is 0 Å². The number of hydrogen-bond donors (Lipinski definition) is 2. The van der Waals surface area contributed by atoms with E-state index in [1.54, 1.807) is 0 Å². The Morgan fingerprint density at radius 1 is 1.53 bits per heavy atom. The summed E-state index contributed by atoms with van der Waals surface area (Å²) in [4.78, 5) is 2.57. The lowest BCUT2D eigenvalue weighted by atomic mass is 10.1. The molecule has 0 aliphatic carbocycles. The van der Waals surface area contributed by atoms with Crippen LogP contribution in [0, 0.1) is 5.92 Å². The smallest absolute Gasteiger partial charge is 0.0472 e. The number of nitrogens with one attached hydrogen (secondary N) is 1. The second-order valence-corrected chi connectivity index (χ2v) is 4.83. The quantitative estimate of drug-likeness (QED) is 0.694. The highest BCUT2D eigenvalue weighted by atomic mass is 16.3. The zero-order valence-electron chi connectivity index (χ0n) is 10.4. The van der Waals surface area contributed by atoms with Crippen LogP contribution in [0.5, 0.6) is 0 Å². The SMILES string of the molecule is CCCC(CNC)N1CC(CO)CC1C. The molecule has 1 aliphatic heterocycles. The van der Waals surface area contributed by atoms with Gasteiger partial charge in [-0.1, -0.05) is 13.3 Å². The monoisotopic (exact) mass is 214 g/mol. The zero-order valence-corrected chi connectivity index (χ0v) is 10.4. The van der Waals surface area contributed by atoms with Gasteiger partial charge in [-0.15, -0.1) is 0 Å². The third kappa shape index (κ3) is 3.44. The Balaban J connectivity index is 2.51. The summed E-state index contributed by atoms with van der Waals surface area (Å²) in [5.41, 5.74) is 0. The molecule has 1 fully saturated rings. The van der Waals surface area contributed by atoms with Gasteiger partial charge in [0, 0.05) is 31.8 Å². The molecular weight excluding hydrogens is 188 g/mol. The van der Waals surface area contributed by atoms with Gasteiger partial charge in [0.05, 0.1) is 0 Å². The molecule has 0 aromatic carbocycles. The van der Waals surface area contributed by atoms with Gasteiger partial charge in [0.2, 0.25) is 0 Å².